The first-order chi connectivity index (χ1) is 8.55. The second-order valence-corrected chi connectivity index (χ2v) is 4.96. The van der Waals surface area contributed by atoms with Crippen molar-refractivity contribution < 1.29 is 14.2 Å². The summed E-state index contributed by atoms with van der Waals surface area (Å²) < 4.78 is 16.2. The van der Waals surface area contributed by atoms with E-state index < -0.39 is 0 Å². The summed E-state index contributed by atoms with van der Waals surface area (Å²) in [5.41, 5.74) is 8.30. The van der Waals surface area contributed by atoms with Crippen molar-refractivity contribution >= 4 is 0 Å². The van der Waals surface area contributed by atoms with E-state index in [0.29, 0.717) is 13.2 Å². The summed E-state index contributed by atoms with van der Waals surface area (Å²) in [5.74, 6) is 1.63. The Morgan fingerprint density at radius 1 is 1.28 bits per heavy atom. The Labute approximate surface area is 108 Å². The SMILES string of the molecule is COc1cc(C)c(C2(C(C)N)COC2)c(OC)c1. The van der Waals surface area contributed by atoms with Crippen LogP contribution in [0.25, 0.3) is 0 Å². The van der Waals surface area contributed by atoms with Crippen molar-refractivity contribution in [2.75, 3.05) is 27.4 Å². The first-order valence-electron chi connectivity index (χ1n) is 6.11. The lowest BCUT2D eigenvalue weighted by atomic mass is 9.71. The molecule has 2 rings (SSSR count). The topological polar surface area (TPSA) is 53.7 Å². The number of hydrogen-bond acceptors (Lipinski definition) is 4. The minimum absolute atomic E-state index is 0.0206. The molecule has 1 aliphatic heterocycles. The van der Waals surface area contributed by atoms with Gasteiger partial charge in [-0.1, -0.05) is 0 Å². The second kappa shape index (κ2) is 4.78. The molecular weight excluding hydrogens is 230 g/mol. The van der Waals surface area contributed by atoms with Crippen LogP contribution < -0.4 is 15.2 Å². The maximum atomic E-state index is 6.16. The summed E-state index contributed by atoms with van der Waals surface area (Å²) in [5, 5.41) is 0. The standard InChI is InChI=1S/C14H21NO3/c1-9-5-11(16-3)6-12(17-4)13(9)14(10(2)15)7-18-8-14/h5-6,10H,7-8,15H2,1-4H3. The molecule has 0 saturated carbocycles. The monoisotopic (exact) mass is 251 g/mol. The van der Waals surface area contributed by atoms with E-state index in [9.17, 15) is 0 Å². The number of aryl methyl sites for hydroxylation is 1. The number of ether oxygens (including phenoxy) is 3. The normalized spacial score (nSPS) is 18.9. The smallest absolute Gasteiger partial charge is 0.126 e. The fourth-order valence-electron chi connectivity index (χ4n) is 2.60. The first-order valence-corrected chi connectivity index (χ1v) is 6.11. The molecule has 100 valence electrons. The van der Waals surface area contributed by atoms with E-state index in [4.69, 9.17) is 19.9 Å². The summed E-state index contributed by atoms with van der Waals surface area (Å²) >= 11 is 0. The molecule has 1 atom stereocenters. The van der Waals surface area contributed by atoms with Gasteiger partial charge in [-0.2, -0.15) is 0 Å². The highest BCUT2D eigenvalue weighted by molar-refractivity contribution is 5.52. The van der Waals surface area contributed by atoms with Crippen LogP contribution >= 0.6 is 0 Å². The van der Waals surface area contributed by atoms with Gasteiger partial charge in [0.05, 0.1) is 32.8 Å². The van der Waals surface area contributed by atoms with Gasteiger partial charge in [0.15, 0.2) is 0 Å². The molecule has 0 aliphatic carbocycles. The van der Waals surface area contributed by atoms with Crippen molar-refractivity contribution in [2.24, 2.45) is 5.73 Å². The minimum Gasteiger partial charge on any atom is -0.497 e. The average Bonchev–Trinajstić information content (AvgIpc) is 2.28. The van der Waals surface area contributed by atoms with Gasteiger partial charge in [-0.3, -0.25) is 0 Å². The number of hydrogen-bond donors (Lipinski definition) is 1. The Balaban J connectivity index is 2.55. The molecule has 18 heavy (non-hydrogen) atoms. The number of methoxy groups -OCH3 is 2. The van der Waals surface area contributed by atoms with Gasteiger partial charge in [-0.25, -0.2) is 0 Å². The van der Waals surface area contributed by atoms with Crippen molar-refractivity contribution in [2.45, 2.75) is 25.3 Å². The second-order valence-electron chi connectivity index (χ2n) is 4.96. The maximum Gasteiger partial charge on any atom is 0.126 e. The first kappa shape index (κ1) is 13.2. The third-order valence-electron chi connectivity index (χ3n) is 3.82. The lowest BCUT2D eigenvalue weighted by molar-refractivity contribution is -0.0713. The fourth-order valence-corrected chi connectivity index (χ4v) is 2.60. The molecule has 1 aliphatic rings. The molecule has 4 nitrogen and oxygen atoms in total. The van der Waals surface area contributed by atoms with E-state index in [-0.39, 0.29) is 11.5 Å². The highest BCUT2D eigenvalue weighted by Gasteiger charge is 2.46. The van der Waals surface area contributed by atoms with Crippen LogP contribution in [0.3, 0.4) is 0 Å². The zero-order chi connectivity index (χ0) is 13.3. The van der Waals surface area contributed by atoms with Crippen LogP contribution in [0.2, 0.25) is 0 Å². The summed E-state index contributed by atoms with van der Waals surface area (Å²) in [7, 11) is 3.33. The lowest BCUT2D eigenvalue weighted by Crippen LogP contribution is -2.58. The van der Waals surface area contributed by atoms with Crippen molar-refractivity contribution in [1.82, 2.24) is 0 Å². The summed E-state index contributed by atoms with van der Waals surface area (Å²) in [4.78, 5) is 0. The molecule has 4 heteroatoms. The molecule has 1 saturated heterocycles. The average molecular weight is 251 g/mol. The van der Waals surface area contributed by atoms with Gasteiger partial charge in [0, 0.05) is 17.7 Å². The molecule has 1 aromatic rings. The van der Waals surface area contributed by atoms with Crippen molar-refractivity contribution in [1.29, 1.82) is 0 Å². The van der Waals surface area contributed by atoms with Crippen LogP contribution in [0.4, 0.5) is 0 Å². The number of rotatable bonds is 4. The Hall–Kier alpha value is -1.26. The number of benzene rings is 1. The van der Waals surface area contributed by atoms with Crippen LogP contribution in [0.15, 0.2) is 12.1 Å². The minimum atomic E-state index is -0.137. The molecule has 0 amide bonds. The Bertz CT molecular complexity index is 439. The van der Waals surface area contributed by atoms with Crippen molar-refractivity contribution in [3.63, 3.8) is 0 Å². The summed E-state index contributed by atoms with van der Waals surface area (Å²) in [6.45, 7) is 5.37. The quantitative estimate of drug-likeness (QED) is 0.883. The van der Waals surface area contributed by atoms with Crippen LogP contribution in [0, 0.1) is 6.92 Å². The largest absolute Gasteiger partial charge is 0.497 e. The maximum absolute atomic E-state index is 6.16. The van der Waals surface area contributed by atoms with Crippen LogP contribution in [0.1, 0.15) is 18.1 Å². The molecular formula is C14H21NO3. The predicted octanol–water partition coefficient (Wildman–Crippen LogP) is 1.63. The molecule has 1 heterocycles. The van der Waals surface area contributed by atoms with Gasteiger partial charge in [0.1, 0.15) is 11.5 Å². The zero-order valence-electron chi connectivity index (χ0n) is 11.4. The molecule has 0 spiro atoms. The van der Waals surface area contributed by atoms with Crippen LogP contribution in [0.5, 0.6) is 11.5 Å². The van der Waals surface area contributed by atoms with Crippen molar-refractivity contribution in [3.05, 3.63) is 23.3 Å². The fraction of sp³-hybridized carbons (Fsp3) is 0.571. The van der Waals surface area contributed by atoms with E-state index in [1.54, 1.807) is 14.2 Å². The highest BCUT2D eigenvalue weighted by atomic mass is 16.5. The molecule has 1 unspecified atom stereocenters. The molecule has 1 aromatic carbocycles. The molecule has 0 aromatic heterocycles. The van der Waals surface area contributed by atoms with Gasteiger partial charge in [-0.05, 0) is 25.5 Å². The number of nitrogens with two attached hydrogens (primary N) is 1. The van der Waals surface area contributed by atoms with E-state index in [0.717, 1.165) is 22.6 Å². The Kier molecular flexibility index (Phi) is 3.50. The molecule has 2 N–H and O–H groups in total. The van der Waals surface area contributed by atoms with E-state index in [2.05, 4.69) is 6.92 Å². The van der Waals surface area contributed by atoms with E-state index in [1.807, 2.05) is 19.1 Å². The van der Waals surface area contributed by atoms with Gasteiger partial charge >= 0.3 is 0 Å². The third kappa shape index (κ3) is 1.85. The molecule has 0 bridgehead atoms. The zero-order valence-corrected chi connectivity index (χ0v) is 11.4. The lowest BCUT2D eigenvalue weighted by Gasteiger charge is -2.46. The van der Waals surface area contributed by atoms with Crippen LogP contribution in [-0.4, -0.2) is 33.5 Å². The predicted molar refractivity (Wildman–Crippen MR) is 70.4 cm³/mol. The Morgan fingerprint density at radius 2 is 1.94 bits per heavy atom. The molecule has 0 radical (unpaired) electrons. The summed E-state index contributed by atoms with van der Waals surface area (Å²) in [6.07, 6.45) is 0. The molecule has 1 fully saturated rings. The van der Waals surface area contributed by atoms with E-state index in [1.165, 1.54) is 0 Å². The third-order valence-corrected chi connectivity index (χ3v) is 3.82. The van der Waals surface area contributed by atoms with Gasteiger partial charge < -0.3 is 19.9 Å². The van der Waals surface area contributed by atoms with E-state index >= 15 is 0 Å². The van der Waals surface area contributed by atoms with Crippen LogP contribution in [-0.2, 0) is 10.2 Å². The summed E-state index contributed by atoms with van der Waals surface area (Å²) in [6, 6.07) is 3.94. The van der Waals surface area contributed by atoms with Crippen molar-refractivity contribution in [3.8, 4) is 11.5 Å². The Morgan fingerprint density at radius 3 is 2.33 bits per heavy atom. The van der Waals surface area contributed by atoms with Gasteiger partial charge in [0.25, 0.3) is 0 Å². The highest BCUT2D eigenvalue weighted by Crippen LogP contribution is 2.43. The van der Waals surface area contributed by atoms with Gasteiger partial charge in [-0.15, -0.1) is 0 Å². The van der Waals surface area contributed by atoms with Gasteiger partial charge in [0.2, 0.25) is 0 Å².